The second kappa shape index (κ2) is 8.88. The molecule has 0 radical (unpaired) electrons. The smallest absolute Gasteiger partial charge is 0.314 e. The van der Waals surface area contributed by atoms with Crippen LogP contribution in [0.15, 0.2) is 30.9 Å². The molecule has 1 fully saturated rings. The van der Waals surface area contributed by atoms with Gasteiger partial charge in [0.15, 0.2) is 0 Å². The normalized spacial score (nSPS) is 17.7. The highest BCUT2D eigenvalue weighted by Crippen LogP contribution is 2.40. The summed E-state index contributed by atoms with van der Waals surface area (Å²) in [7, 11) is 0. The molecule has 2 nitrogen and oxygen atoms in total. The zero-order valence-electron chi connectivity index (χ0n) is 13.7. The molecule has 1 heterocycles. The summed E-state index contributed by atoms with van der Waals surface area (Å²) < 4.78 is 39.5. The van der Waals surface area contributed by atoms with Gasteiger partial charge in [-0.15, -0.1) is 6.58 Å². The van der Waals surface area contributed by atoms with Crippen LogP contribution in [0.4, 0.5) is 13.2 Å². The molecule has 1 aliphatic heterocycles. The highest BCUT2D eigenvalue weighted by Gasteiger charge is 2.35. The summed E-state index contributed by atoms with van der Waals surface area (Å²) in [6, 6.07) is 4.17. The maximum absolute atomic E-state index is 13.2. The van der Waals surface area contributed by atoms with Gasteiger partial charge in [-0.3, -0.25) is 4.90 Å². The first-order valence-electron chi connectivity index (χ1n) is 8.36. The van der Waals surface area contributed by atoms with Crippen molar-refractivity contribution >= 4 is 11.6 Å². The molecule has 0 spiro atoms. The van der Waals surface area contributed by atoms with Gasteiger partial charge in [0, 0.05) is 32.2 Å². The fraction of sp³-hybridized carbons (Fsp3) is 0.556. The molecule has 1 N–H and O–H groups in total. The number of rotatable bonds is 7. The van der Waals surface area contributed by atoms with Gasteiger partial charge in [-0.2, -0.15) is 13.2 Å². The second-order valence-electron chi connectivity index (χ2n) is 6.08. The lowest BCUT2D eigenvalue weighted by Gasteiger charge is -2.36. The molecule has 1 aliphatic rings. The van der Waals surface area contributed by atoms with E-state index in [9.17, 15) is 13.2 Å². The Kier molecular flexibility index (Phi) is 7.14. The topological polar surface area (TPSA) is 15.3 Å². The SMILES string of the molecule is C=CCCCC[C@H](c1cccc(C(F)(F)F)c1Cl)N1CCNCC1. The number of nitrogens with zero attached hydrogens (tertiary/aromatic N) is 1. The minimum absolute atomic E-state index is 0.0771. The summed E-state index contributed by atoms with van der Waals surface area (Å²) in [6.45, 7) is 7.04. The third-order valence-electron chi connectivity index (χ3n) is 4.42. The van der Waals surface area contributed by atoms with Crippen LogP contribution in [0, 0.1) is 0 Å². The third kappa shape index (κ3) is 4.98. The Morgan fingerprint density at radius 1 is 1.25 bits per heavy atom. The first-order valence-corrected chi connectivity index (χ1v) is 8.74. The summed E-state index contributed by atoms with van der Waals surface area (Å²) in [4.78, 5) is 2.24. The highest BCUT2D eigenvalue weighted by atomic mass is 35.5. The standard InChI is InChI=1S/C18H24ClF3N2/c1-2-3-4-5-9-16(24-12-10-23-11-13-24)14-7-6-8-15(17(14)19)18(20,21)22/h2,6-8,16,23H,1,3-5,9-13H2/t16-/m1/s1. The van der Waals surface area contributed by atoms with Gasteiger partial charge in [-0.25, -0.2) is 0 Å². The maximum atomic E-state index is 13.2. The predicted octanol–water partition coefficient (Wildman–Crippen LogP) is 5.05. The lowest BCUT2D eigenvalue weighted by molar-refractivity contribution is -0.137. The molecule has 0 saturated carbocycles. The van der Waals surface area contributed by atoms with Crippen molar-refractivity contribution < 1.29 is 13.2 Å². The molecule has 1 atom stereocenters. The molecule has 1 aromatic rings. The Morgan fingerprint density at radius 2 is 1.96 bits per heavy atom. The highest BCUT2D eigenvalue weighted by molar-refractivity contribution is 6.32. The minimum Gasteiger partial charge on any atom is -0.314 e. The number of nitrogens with one attached hydrogen (secondary N) is 1. The van der Waals surface area contributed by atoms with E-state index < -0.39 is 11.7 Å². The minimum atomic E-state index is -4.43. The number of hydrogen-bond acceptors (Lipinski definition) is 2. The van der Waals surface area contributed by atoms with E-state index in [0.717, 1.165) is 57.9 Å². The quantitative estimate of drug-likeness (QED) is 0.540. The number of piperazine rings is 1. The number of halogens is 4. The van der Waals surface area contributed by atoms with Crippen LogP contribution >= 0.6 is 11.6 Å². The first-order chi connectivity index (χ1) is 11.4. The summed E-state index contributed by atoms with van der Waals surface area (Å²) in [5, 5.41) is 3.12. The van der Waals surface area contributed by atoms with Gasteiger partial charge in [0.1, 0.15) is 0 Å². The molecule has 1 aromatic carbocycles. The molecule has 0 aliphatic carbocycles. The van der Waals surface area contributed by atoms with E-state index in [4.69, 9.17) is 11.6 Å². The van der Waals surface area contributed by atoms with E-state index in [0.29, 0.717) is 5.56 Å². The van der Waals surface area contributed by atoms with E-state index in [-0.39, 0.29) is 11.1 Å². The lowest BCUT2D eigenvalue weighted by Crippen LogP contribution is -2.45. The molecule has 0 aromatic heterocycles. The van der Waals surface area contributed by atoms with Crippen LogP contribution in [0.25, 0.3) is 0 Å². The van der Waals surface area contributed by atoms with Crippen LogP contribution in [-0.4, -0.2) is 31.1 Å². The van der Waals surface area contributed by atoms with E-state index in [2.05, 4.69) is 16.8 Å². The predicted molar refractivity (Wildman–Crippen MR) is 92.3 cm³/mol. The molecule has 0 bridgehead atoms. The van der Waals surface area contributed by atoms with Crippen LogP contribution in [0.5, 0.6) is 0 Å². The Labute approximate surface area is 146 Å². The van der Waals surface area contributed by atoms with E-state index in [1.807, 2.05) is 6.08 Å². The van der Waals surface area contributed by atoms with E-state index in [1.54, 1.807) is 6.07 Å². The van der Waals surface area contributed by atoms with Gasteiger partial charge < -0.3 is 5.32 Å². The Bertz CT molecular complexity index is 540. The Morgan fingerprint density at radius 3 is 2.58 bits per heavy atom. The molecule has 6 heteroatoms. The lowest BCUT2D eigenvalue weighted by atomic mass is 9.96. The molecular formula is C18H24ClF3N2. The van der Waals surface area contributed by atoms with Crippen LogP contribution in [0.2, 0.25) is 5.02 Å². The number of unbranched alkanes of at least 4 members (excludes halogenated alkanes) is 2. The van der Waals surface area contributed by atoms with Crippen molar-refractivity contribution in [1.29, 1.82) is 0 Å². The average molecular weight is 361 g/mol. The van der Waals surface area contributed by atoms with E-state index >= 15 is 0 Å². The third-order valence-corrected chi connectivity index (χ3v) is 4.84. The molecule has 134 valence electrons. The number of allylic oxidation sites excluding steroid dienone is 1. The molecule has 0 unspecified atom stereocenters. The number of alkyl halides is 3. The molecular weight excluding hydrogens is 337 g/mol. The van der Waals surface area contributed by atoms with Gasteiger partial charge in [-0.05, 0) is 30.9 Å². The van der Waals surface area contributed by atoms with Crippen molar-refractivity contribution in [3.05, 3.63) is 47.0 Å². The number of benzene rings is 1. The maximum Gasteiger partial charge on any atom is 0.417 e. The summed E-state index contributed by atoms with van der Waals surface area (Å²) in [5.74, 6) is 0. The monoisotopic (exact) mass is 360 g/mol. The second-order valence-corrected chi connectivity index (χ2v) is 6.46. The van der Waals surface area contributed by atoms with Crippen molar-refractivity contribution in [2.45, 2.75) is 37.9 Å². The van der Waals surface area contributed by atoms with Crippen LogP contribution in [0.3, 0.4) is 0 Å². The first kappa shape index (κ1) is 19.3. The van der Waals surface area contributed by atoms with E-state index in [1.165, 1.54) is 6.07 Å². The fourth-order valence-corrected chi connectivity index (χ4v) is 3.54. The van der Waals surface area contributed by atoms with Gasteiger partial charge >= 0.3 is 6.18 Å². The van der Waals surface area contributed by atoms with Crippen LogP contribution < -0.4 is 5.32 Å². The Balaban J connectivity index is 2.26. The fourth-order valence-electron chi connectivity index (χ4n) is 3.18. The molecule has 0 amide bonds. The summed E-state index contributed by atoms with van der Waals surface area (Å²) in [6.07, 6.45) is 1.09. The van der Waals surface area contributed by atoms with Crippen molar-refractivity contribution in [3.63, 3.8) is 0 Å². The zero-order chi connectivity index (χ0) is 17.6. The van der Waals surface area contributed by atoms with Crippen LogP contribution in [0.1, 0.15) is 42.9 Å². The summed E-state index contributed by atoms with van der Waals surface area (Å²) >= 11 is 6.17. The average Bonchev–Trinajstić information content (AvgIpc) is 2.55. The molecule has 1 saturated heterocycles. The Hall–Kier alpha value is -1.04. The van der Waals surface area contributed by atoms with Crippen molar-refractivity contribution in [1.82, 2.24) is 10.2 Å². The van der Waals surface area contributed by atoms with Crippen molar-refractivity contribution in [2.75, 3.05) is 26.2 Å². The molecule has 2 rings (SSSR count). The van der Waals surface area contributed by atoms with Gasteiger partial charge in [0.05, 0.1) is 10.6 Å². The number of hydrogen-bond donors (Lipinski definition) is 1. The van der Waals surface area contributed by atoms with Gasteiger partial charge in [0.2, 0.25) is 0 Å². The molecule has 24 heavy (non-hydrogen) atoms. The van der Waals surface area contributed by atoms with Crippen molar-refractivity contribution in [3.8, 4) is 0 Å². The largest absolute Gasteiger partial charge is 0.417 e. The van der Waals surface area contributed by atoms with Crippen LogP contribution in [-0.2, 0) is 6.18 Å². The van der Waals surface area contributed by atoms with Gasteiger partial charge in [-0.1, -0.05) is 36.2 Å². The van der Waals surface area contributed by atoms with Crippen molar-refractivity contribution in [2.24, 2.45) is 0 Å². The van der Waals surface area contributed by atoms with Gasteiger partial charge in [0.25, 0.3) is 0 Å². The zero-order valence-corrected chi connectivity index (χ0v) is 14.5. The summed E-state index contributed by atoms with van der Waals surface area (Å²) in [5.41, 5.74) is -0.153.